The van der Waals surface area contributed by atoms with Gasteiger partial charge in [-0.3, -0.25) is 0 Å². The van der Waals surface area contributed by atoms with Crippen LogP contribution in [0.5, 0.6) is 0 Å². The predicted octanol–water partition coefficient (Wildman–Crippen LogP) is 8.07. The standard InChI is InChI=1S/C30H28/c1-17-11-12-20-22-13-14-23-26-21-10-8-7-9-19(21)18(2)16-25(26)30(5,6)28(23)27(22)29(3,4)24(20)15-17/h7-16H,1-6H3. The zero-order valence-electron chi connectivity index (χ0n) is 18.8. The molecular weight excluding hydrogens is 360 g/mol. The topological polar surface area (TPSA) is 0 Å². The minimum atomic E-state index is -0.0147. The Bertz CT molecular complexity index is 1400. The normalized spacial score (nSPS) is 16.9. The first-order valence-electron chi connectivity index (χ1n) is 11.1. The zero-order valence-corrected chi connectivity index (χ0v) is 18.8. The van der Waals surface area contributed by atoms with Crippen molar-refractivity contribution in [2.24, 2.45) is 0 Å². The van der Waals surface area contributed by atoms with Crippen LogP contribution in [0.3, 0.4) is 0 Å². The number of fused-ring (bicyclic) bond motifs is 9. The molecule has 0 aliphatic heterocycles. The summed E-state index contributed by atoms with van der Waals surface area (Å²) >= 11 is 0. The van der Waals surface area contributed by atoms with Gasteiger partial charge in [-0.05, 0) is 74.7 Å². The van der Waals surface area contributed by atoms with E-state index in [0.717, 1.165) is 0 Å². The first kappa shape index (κ1) is 18.0. The van der Waals surface area contributed by atoms with Crippen molar-refractivity contribution in [1.29, 1.82) is 0 Å². The monoisotopic (exact) mass is 388 g/mol. The van der Waals surface area contributed by atoms with Gasteiger partial charge in [0.1, 0.15) is 0 Å². The summed E-state index contributed by atoms with van der Waals surface area (Å²) in [7, 11) is 0. The van der Waals surface area contributed by atoms with E-state index in [4.69, 9.17) is 0 Å². The molecule has 6 rings (SSSR count). The molecule has 0 amide bonds. The number of aryl methyl sites for hydroxylation is 2. The fourth-order valence-corrected chi connectivity index (χ4v) is 6.35. The van der Waals surface area contributed by atoms with E-state index in [2.05, 4.69) is 102 Å². The van der Waals surface area contributed by atoms with Gasteiger partial charge in [-0.15, -0.1) is 0 Å². The van der Waals surface area contributed by atoms with Crippen molar-refractivity contribution in [3.05, 3.63) is 94.0 Å². The molecule has 0 bridgehead atoms. The highest BCUT2D eigenvalue weighted by Gasteiger charge is 2.46. The van der Waals surface area contributed by atoms with Gasteiger partial charge in [0.25, 0.3) is 0 Å². The van der Waals surface area contributed by atoms with Crippen molar-refractivity contribution in [3.8, 4) is 22.3 Å². The van der Waals surface area contributed by atoms with Gasteiger partial charge in [-0.1, -0.05) is 93.9 Å². The van der Waals surface area contributed by atoms with Gasteiger partial charge in [0.15, 0.2) is 0 Å². The summed E-state index contributed by atoms with van der Waals surface area (Å²) in [6.07, 6.45) is 0. The Morgan fingerprint density at radius 3 is 1.93 bits per heavy atom. The summed E-state index contributed by atoms with van der Waals surface area (Å²) in [5, 5.41) is 2.77. The maximum Gasteiger partial charge on any atom is 0.0162 e. The van der Waals surface area contributed by atoms with Crippen molar-refractivity contribution >= 4 is 10.8 Å². The van der Waals surface area contributed by atoms with Crippen LogP contribution in [0, 0.1) is 13.8 Å². The SMILES string of the molecule is Cc1ccc2c(c1)C(C)(C)c1c-2ccc2c1C(C)(C)c1cc(C)c3ccccc3c1-2. The summed E-state index contributed by atoms with van der Waals surface area (Å²) in [5.41, 5.74) is 14.4. The predicted molar refractivity (Wildman–Crippen MR) is 129 cm³/mol. The molecule has 0 N–H and O–H groups in total. The Labute approximate surface area is 179 Å². The summed E-state index contributed by atoms with van der Waals surface area (Å²) in [6, 6.07) is 23.1. The van der Waals surface area contributed by atoms with Crippen molar-refractivity contribution < 1.29 is 0 Å². The lowest BCUT2D eigenvalue weighted by Crippen LogP contribution is -2.24. The van der Waals surface area contributed by atoms with E-state index in [9.17, 15) is 0 Å². The van der Waals surface area contributed by atoms with Gasteiger partial charge in [0, 0.05) is 10.8 Å². The van der Waals surface area contributed by atoms with Crippen LogP contribution < -0.4 is 0 Å². The van der Waals surface area contributed by atoms with Crippen molar-refractivity contribution in [2.45, 2.75) is 52.4 Å². The van der Waals surface area contributed by atoms with Gasteiger partial charge < -0.3 is 0 Å². The van der Waals surface area contributed by atoms with E-state index < -0.39 is 0 Å². The molecule has 4 aromatic rings. The van der Waals surface area contributed by atoms with E-state index in [1.54, 1.807) is 0 Å². The van der Waals surface area contributed by atoms with Crippen LogP contribution in [0.25, 0.3) is 33.0 Å². The van der Waals surface area contributed by atoms with Crippen molar-refractivity contribution in [1.82, 2.24) is 0 Å². The zero-order chi connectivity index (χ0) is 21.0. The van der Waals surface area contributed by atoms with E-state index in [-0.39, 0.29) is 10.8 Å². The van der Waals surface area contributed by atoms with Gasteiger partial charge in [0.05, 0.1) is 0 Å². The second-order valence-corrected chi connectivity index (χ2v) is 10.4. The lowest BCUT2D eigenvalue weighted by Gasteiger charge is -2.31. The van der Waals surface area contributed by atoms with Gasteiger partial charge >= 0.3 is 0 Å². The van der Waals surface area contributed by atoms with Crippen LogP contribution in [-0.4, -0.2) is 0 Å². The maximum absolute atomic E-state index is 2.45. The average Bonchev–Trinajstić information content (AvgIpc) is 3.07. The Balaban J connectivity index is 1.76. The van der Waals surface area contributed by atoms with Crippen LogP contribution in [0.2, 0.25) is 0 Å². The smallest absolute Gasteiger partial charge is 0.0162 e. The first-order chi connectivity index (χ1) is 14.2. The van der Waals surface area contributed by atoms with E-state index >= 15 is 0 Å². The highest BCUT2D eigenvalue weighted by molar-refractivity contribution is 6.05. The Kier molecular flexibility index (Phi) is 3.25. The largest absolute Gasteiger partial charge is 0.0616 e. The molecule has 0 spiro atoms. The van der Waals surface area contributed by atoms with Crippen molar-refractivity contribution in [2.75, 3.05) is 0 Å². The van der Waals surface area contributed by atoms with Crippen LogP contribution in [0.4, 0.5) is 0 Å². The molecule has 4 aromatic carbocycles. The first-order valence-corrected chi connectivity index (χ1v) is 11.1. The Morgan fingerprint density at radius 1 is 0.567 bits per heavy atom. The highest BCUT2D eigenvalue weighted by Crippen LogP contribution is 2.60. The molecule has 0 atom stereocenters. The fraction of sp³-hybridized carbons (Fsp3) is 0.267. The Hall–Kier alpha value is -2.86. The minimum Gasteiger partial charge on any atom is -0.0616 e. The van der Waals surface area contributed by atoms with Crippen LogP contribution in [0.1, 0.15) is 61.1 Å². The summed E-state index contributed by atoms with van der Waals surface area (Å²) in [6.45, 7) is 14.2. The molecule has 0 heteroatoms. The lowest BCUT2D eigenvalue weighted by atomic mass is 9.72. The maximum atomic E-state index is 2.45. The molecule has 0 radical (unpaired) electrons. The fourth-order valence-electron chi connectivity index (χ4n) is 6.35. The molecule has 0 fully saturated rings. The quantitative estimate of drug-likeness (QED) is 0.286. The second-order valence-electron chi connectivity index (χ2n) is 10.4. The molecule has 0 saturated carbocycles. The molecule has 30 heavy (non-hydrogen) atoms. The van der Waals surface area contributed by atoms with Crippen molar-refractivity contribution in [3.63, 3.8) is 0 Å². The molecular formula is C30H28. The third kappa shape index (κ3) is 1.97. The minimum absolute atomic E-state index is 0.00614. The molecule has 2 aliphatic carbocycles. The van der Waals surface area contributed by atoms with Gasteiger partial charge in [0.2, 0.25) is 0 Å². The van der Waals surface area contributed by atoms with Gasteiger partial charge in [-0.25, -0.2) is 0 Å². The van der Waals surface area contributed by atoms with Crippen LogP contribution in [0.15, 0.2) is 60.7 Å². The molecule has 0 nitrogen and oxygen atoms in total. The molecule has 0 unspecified atom stereocenters. The number of hydrogen-bond donors (Lipinski definition) is 0. The summed E-state index contributed by atoms with van der Waals surface area (Å²) in [5.74, 6) is 0. The molecule has 148 valence electrons. The van der Waals surface area contributed by atoms with E-state index in [0.29, 0.717) is 0 Å². The third-order valence-corrected chi connectivity index (χ3v) is 7.79. The number of rotatable bonds is 0. The number of hydrogen-bond acceptors (Lipinski definition) is 0. The van der Waals surface area contributed by atoms with E-state index in [1.165, 1.54) is 66.4 Å². The summed E-state index contributed by atoms with van der Waals surface area (Å²) in [4.78, 5) is 0. The molecule has 0 saturated heterocycles. The highest BCUT2D eigenvalue weighted by atomic mass is 14.5. The average molecular weight is 389 g/mol. The number of benzene rings is 4. The van der Waals surface area contributed by atoms with Crippen LogP contribution in [-0.2, 0) is 10.8 Å². The second kappa shape index (κ2) is 5.43. The van der Waals surface area contributed by atoms with Gasteiger partial charge in [-0.2, -0.15) is 0 Å². The summed E-state index contributed by atoms with van der Waals surface area (Å²) < 4.78 is 0. The molecule has 0 aromatic heterocycles. The molecule has 0 heterocycles. The van der Waals surface area contributed by atoms with Crippen LogP contribution >= 0.6 is 0 Å². The Morgan fingerprint density at radius 2 is 1.17 bits per heavy atom. The lowest BCUT2D eigenvalue weighted by molar-refractivity contribution is 0.601. The van der Waals surface area contributed by atoms with E-state index in [1.807, 2.05) is 0 Å². The third-order valence-electron chi connectivity index (χ3n) is 7.79. The molecule has 2 aliphatic rings.